The number of carbonyl (C=O) groups is 2. The molecule has 2 aromatic rings. The van der Waals surface area contributed by atoms with Gasteiger partial charge >= 0.3 is 5.97 Å². The van der Waals surface area contributed by atoms with Gasteiger partial charge in [-0.25, -0.2) is 4.79 Å². The normalized spacial score (nSPS) is 11.5. The Hall–Kier alpha value is -2.82. The van der Waals surface area contributed by atoms with Gasteiger partial charge in [0.1, 0.15) is 5.75 Å². The van der Waals surface area contributed by atoms with Crippen LogP contribution in [0.2, 0.25) is 0 Å². The van der Waals surface area contributed by atoms with Crippen LogP contribution >= 0.6 is 0 Å². The van der Waals surface area contributed by atoms with Crippen molar-refractivity contribution in [3.05, 3.63) is 59.7 Å². The number of rotatable bonds is 9. The van der Waals surface area contributed by atoms with Crippen molar-refractivity contribution in [3.8, 4) is 5.75 Å². The summed E-state index contributed by atoms with van der Waals surface area (Å²) in [4.78, 5) is 24.5. The lowest BCUT2D eigenvalue weighted by Gasteiger charge is -2.14. The van der Waals surface area contributed by atoms with Gasteiger partial charge < -0.3 is 14.8 Å². The molecule has 0 aromatic heterocycles. The van der Waals surface area contributed by atoms with Crippen molar-refractivity contribution in [1.82, 2.24) is 0 Å². The Bertz CT molecular complexity index is 738. The van der Waals surface area contributed by atoms with Crippen molar-refractivity contribution in [2.75, 3.05) is 11.9 Å². The Morgan fingerprint density at radius 2 is 1.67 bits per heavy atom. The van der Waals surface area contributed by atoms with Gasteiger partial charge in [-0.1, -0.05) is 32.4 Å². The number of carbonyl (C=O) groups excluding carboxylic acids is 2. The fourth-order valence-corrected chi connectivity index (χ4v) is 2.37. The van der Waals surface area contributed by atoms with Crippen LogP contribution in [0.25, 0.3) is 0 Å². The van der Waals surface area contributed by atoms with E-state index in [2.05, 4.69) is 19.2 Å². The molecule has 0 radical (unpaired) electrons. The number of unbranched alkanes of at least 4 members (excludes halogenated alkanes) is 1. The lowest BCUT2D eigenvalue weighted by molar-refractivity contribution is -0.123. The third-order valence-corrected chi connectivity index (χ3v) is 4.14. The molecule has 0 aliphatic heterocycles. The van der Waals surface area contributed by atoms with Crippen LogP contribution in [0.1, 0.15) is 49.5 Å². The number of benzene rings is 2. The Balaban J connectivity index is 1.86. The molecule has 0 saturated heterocycles. The van der Waals surface area contributed by atoms with Crippen LogP contribution < -0.4 is 10.1 Å². The summed E-state index contributed by atoms with van der Waals surface area (Å²) < 4.78 is 10.8. The molecule has 0 aliphatic carbocycles. The number of nitrogens with one attached hydrogen (secondary N) is 1. The van der Waals surface area contributed by atoms with Gasteiger partial charge in [-0.3, -0.25) is 4.79 Å². The second-order valence-corrected chi connectivity index (χ2v) is 6.31. The van der Waals surface area contributed by atoms with Gasteiger partial charge in [-0.15, -0.1) is 0 Å². The van der Waals surface area contributed by atoms with E-state index in [0.29, 0.717) is 23.6 Å². The first-order valence-corrected chi connectivity index (χ1v) is 9.37. The van der Waals surface area contributed by atoms with E-state index in [9.17, 15) is 9.59 Å². The zero-order chi connectivity index (χ0) is 19.6. The predicted molar refractivity (Wildman–Crippen MR) is 106 cm³/mol. The SMILES string of the molecule is CCCCOc1ccc(C(=O)O[C@H](C)C(=O)Nc2ccc(CC)cc2)cc1. The molecule has 0 heterocycles. The van der Waals surface area contributed by atoms with Crippen LogP contribution in [0, 0.1) is 0 Å². The lowest BCUT2D eigenvalue weighted by Crippen LogP contribution is -2.30. The summed E-state index contributed by atoms with van der Waals surface area (Å²) in [7, 11) is 0. The van der Waals surface area contributed by atoms with Crippen molar-refractivity contribution in [1.29, 1.82) is 0 Å². The van der Waals surface area contributed by atoms with Crippen molar-refractivity contribution >= 4 is 17.6 Å². The average Bonchev–Trinajstić information content (AvgIpc) is 2.69. The smallest absolute Gasteiger partial charge is 0.338 e. The summed E-state index contributed by atoms with van der Waals surface area (Å²) in [5, 5.41) is 2.75. The summed E-state index contributed by atoms with van der Waals surface area (Å²) in [6.45, 7) is 6.37. The van der Waals surface area contributed by atoms with Crippen molar-refractivity contribution in [3.63, 3.8) is 0 Å². The molecule has 2 rings (SSSR count). The van der Waals surface area contributed by atoms with E-state index in [1.165, 1.54) is 5.56 Å². The van der Waals surface area contributed by atoms with E-state index >= 15 is 0 Å². The Morgan fingerprint density at radius 1 is 1.00 bits per heavy atom. The first kappa shape index (κ1) is 20.5. The van der Waals surface area contributed by atoms with Crippen LogP contribution in [0.15, 0.2) is 48.5 Å². The highest BCUT2D eigenvalue weighted by atomic mass is 16.5. The minimum Gasteiger partial charge on any atom is -0.494 e. The number of anilines is 1. The predicted octanol–water partition coefficient (Wildman–Crippen LogP) is 4.61. The third-order valence-electron chi connectivity index (χ3n) is 4.14. The maximum Gasteiger partial charge on any atom is 0.338 e. The van der Waals surface area contributed by atoms with Crippen molar-refractivity contribution in [2.45, 2.75) is 46.1 Å². The maximum absolute atomic E-state index is 12.2. The first-order chi connectivity index (χ1) is 13.0. The lowest BCUT2D eigenvalue weighted by atomic mass is 10.1. The van der Waals surface area contributed by atoms with Gasteiger partial charge in [0.2, 0.25) is 0 Å². The second kappa shape index (κ2) is 10.4. The van der Waals surface area contributed by atoms with Crippen LogP contribution in [-0.2, 0) is 16.0 Å². The first-order valence-electron chi connectivity index (χ1n) is 9.37. The van der Waals surface area contributed by atoms with E-state index < -0.39 is 12.1 Å². The molecule has 144 valence electrons. The van der Waals surface area contributed by atoms with E-state index in [1.54, 1.807) is 31.2 Å². The third kappa shape index (κ3) is 6.44. The number of aryl methyl sites for hydroxylation is 1. The van der Waals surface area contributed by atoms with E-state index in [0.717, 1.165) is 19.3 Å². The molecular weight excluding hydrogens is 342 g/mol. The quantitative estimate of drug-likeness (QED) is 0.518. The molecule has 1 amide bonds. The average molecular weight is 369 g/mol. The highest BCUT2D eigenvalue weighted by molar-refractivity contribution is 5.97. The molecule has 0 spiro atoms. The van der Waals surface area contributed by atoms with E-state index in [-0.39, 0.29) is 5.91 Å². The van der Waals surface area contributed by atoms with Gasteiger partial charge in [-0.05, 0) is 61.7 Å². The minimum absolute atomic E-state index is 0.368. The summed E-state index contributed by atoms with van der Waals surface area (Å²) in [6, 6.07) is 14.3. The molecule has 0 saturated carbocycles. The molecule has 27 heavy (non-hydrogen) atoms. The van der Waals surface area contributed by atoms with Crippen LogP contribution in [-0.4, -0.2) is 24.6 Å². The van der Waals surface area contributed by atoms with Crippen LogP contribution in [0.5, 0.6) is 5.75 Å². The fraction of sp³-hybridized carbons (Fsp3) is 0.364. The van der Waals surface area contributed by atoms with Gasteiger partial charge in [-0.2, -0.15) is 0 Å². The molecule has 5 nitrogen and oxygen atoms in total. The summed E-state index contributed by atoms with van der Waals surface area (Å²) >= 11 is 0. The highest BCUT2D eigenvalue weighted by Gasteiger charge is 2.19. The Morgan fingerprint density at radius 3 is 2.26 bits per heavy atom. The Kier molecular flexibility index (Phi) is 7.86. The van der Waals surface area contributed by atoms with Gasteiger partial charge in [0, 0.05) is 5.69 Å². The number of amides is 1. The molecule has 0 unspecified atom stereocenters. The molecule has 1 N–H and O–H groups in total. The molecule has 0 bridgehead atoms. The number of esters is 1. The van der Waals surface area contributed by atoms with Crippen LogP contribution in [0.3, 0.4) is 0 Å². The largest absolute Gasteiger partial charge is 0.494 e. The van der Waals surface area contributed by atoms with Crippen molar-refractivity contribution in [2.24, 2.45) is 0 Å². The van der Waals surface area contributed by atoms with Crippen LogP contribution in [0.4, 0.5) is 5.69 Å². The van der Waals surface area contributed by atoms with Crippen molar-refractivity contribution < 1.29 is 19.1 Å². The van der Waals surface area contributed by atoms with Gasteiger partial charge in [0.25, 0.3) is 5.91 Å². The molecular formula is C22H27NO4. The Labute approximate surface area is 160 Å². The number of hydrogen-bond acceptors (Lipinski definition) is 4. The molecule has 1 atom stereocenters. The van der Waals surface area contributed by atoms with Gasteiger partial charge in [0.15, 0.2) is 6.10 Å². The van der Waals surface area contributed by atoms with E-state index in [1.807, 2.05) is 24.3 Å². The molecule has 0 fully saturated rings. The highest BCUT2D eigenvalue weighted by Crippen LogP contribution is 2.15. The summed E-state index contributed by atoms with van der Waals surface area (Å²) in [6.07, 6.45) is 2.08. The zero-order valence-corrected chi connectivity index (χ0v) is 16.2. The fourth-order valence-electron chi connectivity index (χ4n) is 2.37. The summed E-state index contributed by atoms with van der Waals surface area (Å²) in [5.74, 6) is -0.201. The molecule has 5 heteroatoms. The zero-order valence-electron chi connectivity index (χ0n) is 16.2. The molecule has 0 aliphatic rings. The standard InChI is InChI=1S/C22H27NO4/c1-4-6-15-26-20-13-9-18(10-14-20)22(25)27-16(3)21(24)23-19-11-7-17(5-2)8-12-19/h7-14,16H,4-6,15H2,1-3H3,(H,23,24)/t16-/m1/s1. The molecule has 2 aromatic carbocycles. The minimum atomic E-state index is -0.899. The van der Waals surface area contributed by atoms with E-state index in [4.69, 9.17) is 9.47 Å². The second-order valence-electron chi connectivity index (χ2n) is 6.31. The van der Waals surface area contributed by atoms with Gasteiger partial charge in [0.05, 0.1) is 12.2 Å². The number of ether oxygens (including phenoxy) is 2. The maximum atomic E-state index is 12.2. The topological polar surface area (TPSA) is 64.6 Å². The summed E-state index contributed by atoms with van der Waals surface area (Å²) in [5.41, 5.74) is 2.24. The monoisotopic (exact) mass is 369 g/mol. The number of hydrogen-bond donors (Lipinski definition) is 1.